The van der Waals surface area contributed by atoms with Crippen LogP contribution in [0.5, 0.6) is 0 Å². The summed E-state index contributed by atoms with van der Waals surface area (Å²) >= 11 is 0. The van der Waals surface area contributed by atoms with Crippen molar-refractivity contribution in [2.24, 2.45) is 11.7 Å². The predicted octanol–water partition coefficient (Wildman–Crippen LogP) is 2.16. The number of aromatic amines is 1. The summed E-state index contributed by atoms with van der Waals surface area (Å²) in [6.45, 7) is 4.41. The Kier molecular flexibility index (Phi) is 6.77. The lowest BCUT2D eigenvalue weighted by molar-refractivity contribution is -0.123. The van der Waals surface area contributed by atoms with Crippen LogP contribution >= 0.6 is 12.4 Å². The molecule has 0 radical (unpaired) electrons. The van der Waals surface area contributed by atoms with Crippen molar-refractivity contribution < 1.29 is 9.18 Å². The van der Waals surface area contributed by atoms with E-state index >= 15 is 0 Å². The lowest BCUT2D eigenvalue weighted by atomic mass is 9.99. The third-order valence-corrected chi connectivity index (χ3v) is 3.71. The first kappa shape index (κ1) is 18.4. The van der Waals surface area contributed by atoms with Crippen LogP contribution in [-0.2, 0) is 11.2 Å². The van der Waals surface area contributed by atoms with Crippen LogP contribution in [0.3, 0.4) is 0 Å². The number of rotatable bonds is 6. The highest BCUT2D eigenvalue weighted by molar-refractivity contribution is 5.85. The Hall–Kier alpha value is -1.66. The summed E-state index contributed by atoms with van der Waals surface area (Å²) in [7, 11) is 0. The molecule has 4 N–H and O–H groups in total. The first-order valence-electron chi connectivity index (χ1n) is 7.18. The third-order valence-electron chi connectivity index (χ3n) is 3.71. The first-order chi connectivity index (χ1) is 10.0. The SMILES string of the molecule is CCC(C)C(N)C(=O)NCCc1nc2ccc(F)cc2[nH]1.Cl. The molecule has 5 nitrogen and oxygen atoms in total. The lowest BCUT2D eigenvalue weighted by Gasteiger charge is -2.17. The molecule has 0 aliphatic heterocycles. The van der Waals surface area contributed by atoms with Crippen LogP contribution < -0.4 is 11.1 Å². The average Bonchev–Trinajstić information content (AvgIpc) is 2.87. The molecule has 122 valence electrons. The number of amides is 1. The Balaban J connectivity index is 0.00000242. The highest BCUT2D eigenvalue weighted by atomic mass is 35.5. The van der Waals surface area contributed by atoms with Crippen LogP contribution in [-0.4, -0.2) is 28.5 Å². The van der Waals surface area contributed by atoms with Crippen molar-refractivity contribution in [3.05, 3.63) is 29.8 Å². The second kappa shape index (κ2) is 8.10. The largest absolute Gasteiger partial charge is 0.354 e. The van der Waals surface area contributed by atoms with Crippen LogP contribution in [0.4, 0.5) is 4.39 Å². The van der Waals surface area contributed by atoms with Crippen molar-refractivity contribution in [3.63, 3.8) is 0 Å². The first-order valence-corrected chi connectivity index (χ1v) is 7.18. The molecule has 0 fully saturated rings. The molecule has 1 aromatic carbocycles. The molecule has 0 bridgehead atoms. The standard InChI is InChI=1S/C15H21FN4O.ClH/c1-3-9(2)14(17)15(21)18-7-6-13-19-11-5-4-10(16)8-12(11)20-13;/h4-5,8-9,14H,3,6-7,17H2,1-2H3,(H,18,21)(H,19,20);1H. The van der Waals surface area contributed by atoms with Crippen molar-refractivity contribution in [2.45, 2.75) is 32.7 Å². The topological polar surface area (TPSA) is 83.8 Å². The van der Waals surface area contributed by atoms with Gasteiger partial charge in [-0.1, -0.05) is 20.3 Å². The number of carbonyl (C=O) groups excluding carboxylic acids is 1. The van der Waals surface area contributed by atoms with Crippen LogP contribution in [0.15, 0.2) is 18.2 Å². The van der Waals surface area contributed by atoms with Gasteiger partial charge < -0.3 is 16.0 Å². The number of halogens is 2. The molecule has 2 unspecified atom stereocenters. The molecule has 0 aliphatic carbocycles. The van der Waals surface area contributed by atoms with Gasteiger partial charge in [0.2, 0.25) is 5.91 Å². The second-order valence-corrected chi connectivity index (χ2v) is 5.30. The van der Waals surface area contributed by atoms with Gasteiger partial charge in [0.25, 0.3) is 0 Å². The van der Waals surface area contributed by atoms with Crippen molar-refractivity contribution in [3.8, 4) is 0 Å². The summed E-state index contributed by atoms with van der Waals surface area (Å²) in [5.41, 5.74) is 7.23. The van der Waals surface area contributed by atoms with Gasteiger partial charge in [-0.05, 0) is 24.1 Å². The fraction of sp³-hybridized carbons (Fsp3) is 0.467. The van der Waals surface area contributed by atoms with E-state index in [-0.39, 0.29) is 30.0 Å². The van der Waals surface area contributed by atoms with Crippen LogP contribution in [0.2, 0.25) is 0 Å². The number of nitrogens with two attached hydrogens (primary N) is 1. The maximum absolute atomic E-state index is 13.1. The fourth-order valence-electron chi connectivity index (χ4n) is 2.09. The number of hydrogen-bond acceptors (Lipinski definition) is 3. The summed E-state index contributed by atoms with van der Waals surface area (Å²) in [6.07, 6.45) is 1.42. The van der Waals surface area contributed by atoms with Crippen LogP contribution in [0.25, 0.3) is 11.0 Å². The maximum Gasteiger partial charge on any atom is 0.237 e. The van der Waals surface area contributed by atoms with Gasteiger partial charge in [0, 0.05) is 13.0 Å². The van der Waals surface area contributed by atoms with E-state index in [0.717, 1.165) is 6.42 Å². The van der Waals surface area contributed by atoms with E-state index in [1.54, 1.807) is 6.07 Å². The van der Waals surface area contributed by atoms with E-state index in [0.29, 0.717) is 29.8 Å². The number of benzene rings is 1. The van der Waals surface area contributed by atoms with Gasteiger partial charge in [0.1, 0.15) is 11.6 Å². The number of imidazole rings is 1. The minimum absolute atomic E-state index is 0. The Labute approximate surface area is 135 Å². The normalized spacial score (nSPS) is 13.5. The van der Waals surface area contributed by atoms with Gasteiger partial charge in [0.05, 0.1) is 17.1 Å². The Morgan fingerprint density at radius 3 is 2.91 bits per heavy atom. The van der Waals surface area contributed by atoms with Gasteiger partial charge in [-0.3, -0.25) is 4.79 Å². The molecule has 2 rings (SSSR count). The van der Waals surface area contributed by atoms with Crippen molar-refractivity contribution in [1.82, 2.24) is 15.3 Å². The summed E-state index contributed by atoms with van der Waals surface area (Å²) in [5, 5.41) is 2.80. The highest BCUT2D eigenvalue weighted by Gasteiger charge is 2.18. The summed E-state index contributed by atoms with van der Waals surface area (Å²) < 4.78 is 13.1. The number of H-pyrrole nitrogens is 1. The third kappa shape index (κ3) is 4.42. The zero-order valence-electron chi connectivity index (χ0n) is 12.7. The van der Waals surface area contributed by atoms with E-state index in [9.17, 15) is 9.18 Å². The number of aromatic nitrogens is 2. The smallest absolute Gasteiger partial charge is 0.237 e. The van der Waals surface area contributed by atoms with E-state index < -0.39 is 6.04 Å². The van der Waals surface area contributed by atoms with Gasteiger partial charge >= 0.3 is 0 Å². The molecule has 22 heavy (non-hydrogen) atoms. The second-order valence-electron chi connectivity index (χ2n) is 5.30. The van der Waals surface area contributed by atoms with Gasteiger partial charge in [0.15, 0.2) is 0 Å². The molecule has 0 saturated carbocycles. The van der Waals surface area contributed by atoms with Crippen molar-refractivity contribution in [1.29, 1.82) is 0 Å². The predicted molar refractivity (Wildman–Crippen MR) is 87.4 cm³/mol. The number of nitrogens with zero attached hydrogens (tertiary/aromatic N) is 1. The molecule has 1 aromatic heterocycles. The molecule has 0 aliphatic rings. The van der Waals surface area contributed by atoms with Gasteiger partial charge in [-0.2, -0.15) is 0 Å². The average molecular weight is 329 g/mol. The molecule has 2 aromatic rings. The fourth-order valence-corrected chi connectivity index (χ4v) is 2.09. The summed E-state index contributed by atoms with van der Waals surface area (Å²) in [6, 6.07) is 3.92. The van der Waals surface area contributed by atoms with Crippen LogP contribution in [0.1, 0.15) is 26.1 Å². The molecular weight excluding hydrogens is 307 g/mol. The van der Waals surface area contributed by atoms with Gasteiger partial charge in [-0.25, -0.2) is 9.37 Å². The molecule has 2 atom stereocenters. The molecule has 7 heteroatoms. The van der Waals surface area contributed by atoms with E-state index in [2.05, 4.69) is 15.3 Å². The lowest BCUT2D eigenvalue weighted by Crippen LogP contribution is -2.45. The summed E-state index contributed by atoms with van der Waals surface area (Å²) in [4.78, 5) is 19.2. The quantitative estimate of drug-likeness (QED) is 0.759. The Bertz CT molecular complexity index is 631. The minimum Gasteiger partial charge on any atom is -0.354 e. The van der Waals surface area contributed by atoms with Crippen molar-refractivity contribution >= 4 is 29.3 Å². The molecule has 1 heterocycles. The van der Waals surface area contributed by atoms with E-state index in [1.807, 2.05) is 13.8 Å². The van der Waals surface area contributed by atoms with Gasteiger partial charge in [-0.15, -0.1) is 12.4 Å². The van der Waals surface area contributed by atoms with Crippen LogP contribution in [0, 0.1) is 11.7 Å². The van der Waals surface area contributed by atoms with E-state index in [4.69, 9.17) is 5.73 Å². The molecule has 0 saturated heterocycles. The molecular formula is C15H22ClFN4O. The zero-order valence-corrected chi connectivity index (χ0v) is 13.5. The zero-order chi connectivity index (χ0) is 15.4. The monoisotopic (exact) mass is 328 g/mol. The molecule has 0 spiro atoms. The highest BCUT2D eigenvalue weighted by Crippen LogP contribution is 2.13. The number of nitrogens with one attached hydrogen (secondary N) is 2. The van der Waals surface area contributed by atoms with E-state index in [1.165, 1.54) is 12.1 Å². The molecule has 1 amide bonds. The summed E-state index contributed by atoms with van der Waals surface area (Å²) in [5.74, 6) is 0.421. The Morgan fingerprint density at radius 2 is 2.23 bits per heavy atom. The number of carbonyl (C=O) groups is 1. The van der Waals surface area contributed by atoms with Crippen molar-refractivity contribution in [2.75, 3.05) is 6.54 Å². The minimum atomic E-state index is -0.486. The number of fused-ring (bicyclic) bond motifs is 1. The number of hydrogen-bond donors (Lipinski definition) is 3. The Morgan fingerprint density at radius 1 is 1.50 bits per heavy atom. The maximum atomic E-state index is 13.1.